The van der Waals surface area contributed by atoms with E-state index in [1.54, 1.807) is 0 Å². The number of aliphatic hydroxyl groups is 1. The molecule has 0 aromatic rings. The van der Waals surface area contributed by atoms with E-state index in [-0.39, 0.29) is 5.92 Å². The van der Waals surface area contributed by atoms with E-state index in [0.717, 1.165) is 0 Å². The van der Waals surface area contributed by atoms with Gasteiger partial charge in [0, 0.05) is 14.2 Å². The van der Waals surface area contributed by atoms with Crippen LogP contribution in [-0.2, 0) is 9.47 Å². The van der Waals surface area contributed by atoms with Gasteiger partial charge in [0.15, 0.2) is 6.29 Å². The smallest absolute Gasteiger partial charge is 0.182 e. The fraction of sp³-hybridized carbons (Fsp3) is 1.00. The van der Waals surface area contributed by atoms with Crippen molar-refractivity contribution in [3.8, 4) is 0 Å². The Morgan fingerprint density at radius 1 is 1.10 bits per heavy atom. The average molecular weight is 148 g/mol. The highest BCUT2D eigenvalue weighted by atomic mass is 16.7. The van der Waals surface area contributed by atoms with E-state index in [2.05, 4.69) is 0 Å². The summed E-state index contributed by atoms with van der Waals surface area (Å²) in [5, 5.41) is 9.34. The van der Waals surface area contributed by atoms with Crippen LogP contribution < -0.4 is 0 Å². The summed E-state index contributed by atoms with van der Waals surface area (Å²) in [6, 6.07) is 0. The topological polar surface area (TPSA) is 38.7 Å². The normalized spacial score (nSPS) is 14.7. The van der Waals surface area contributed by atoms with Crippen LogP contribution in [0.5, 0.6) is 0 Å². The lowest BCUT2D eigenvalue weighted by molar-refractivity contribution is -0.175. The summed E-state index contributed by atoms with van der Waals surface area (Å²) in [4.78, 5) is 0. The number of hydrogen-bond acceptors (Lipinski definition) is 3. The maximum Gasteiger partial charge on any atom is 0.182 e. The zero-order chi connectivity index (χ0) is 8.15. The molecular weight excluding hydrogens is 132 g/mol. The van der Waals surface area contributed by atoms with Crippen molar-refractivity contribution in [1.82, 2.24) is 0 Å². The van der Waals surface area contributed by atoms with E-state index in [4.69, 9.17) is 9.47 Å². The molecule has 62 valence electrons. The van der Waals surface area contributed by atoms with Gasteiger partial charge >= 0.3 is 0 Å². The third-order valence-corrected chi connectivity index (χ3v) is 1.43. The van der Waals surface area contributed by atoms with Gasteiger partial charge in [0.25, 0.3) is 0 Å². The monoisotopic (exact) mass is 148 g/mol. The first kappa shape index (κ1) is 9.88. The van der Waals surface area contributed by atoms with Gasteiger partial charge in [-0.2, -0.15) is 0 Å². The average Bonchev–Trinajstić information content (AvgIpc) is 1.90. The Balaban J connectivity index is 3.76. The predicted molar refractivity (Wildman–Crippen MR) is 38.7 cm³/mol. The summed E-state index contributed by atoms with van der Waals surface area (Å²) in [5.74, 6) is 0.157. The summed E-state index contributed by atoms with van der Waals surface area (Å²) in [6.45, 7) is 3.82. The SMILES string of the molecule is COC(OC)C(O)C(C)C. The van der Waals surface area contributed by atoms with Crippen LogP contribution in [0.1, 0.15) is 13.8 Å². The molecule has 0 aliphatic heterocycles. The van der Waals surface area contributed by atoms with Crippen LogP contribution in [0.3, 0.4) is 0 Å². The molecule has 0 bridgehead atoms. The summed E-state index contributed by atoms with van der Waals surface area (Å²) >= 11 is 0. The van der Waals surface area contributed by atoms with Gasteiger partial charge in [-0.1, -0.05) is 13.8 Å². The summed E-state index contributed by atoms with van der Waals surface area (Å²) in [6.07, 6.45) is -1.05. The van der Waals surface area contributed by atoms with Crippen molar-refractivity contribution in [2.75, 3.05) is 14.2 Å². The second kappa shape index (κ2) is 4.66. The zero-order valence-electron chi connectivity index (χ0n) is 7.00. The molecule has 3 heteroatoms. The molecule has 0 radical (unpaired) electrons. The fourth-order valence-corrected chi connectivity index (χ4v) is 0.689. The van der Waals surface area contributed by atoms with E-state index >= 15 is 0 Å². The lowest BCUT2D eigenvalue weighted by atomic mass is 10.1. The number of rotatable bonds is 4. The van der Waals surface area contributed by atoms with Gasteiger partial charge in [-0.05, 0) is 5.92 Å². The lowest BCUT2D eigenvalue weighted by Crippen LogP contribution is -2.33. The molecule has 0 aliphatic carbocycles. The molecule has 0 spiro atoms. The van der Waals surface area contributed by atoms with Crippen molar-refractivity contribution in [3.63, 3.8) is 0 Å². The number of ether oxygens (including phenoxy) is 2. The number of methoxy groups -OCH3 is 2. The van der Waals surface area contributed by atoms with E-state index in [9.17, 15) is 5.11 Å². The Hall–Kier alpha value is -0.120. The maximum atomic E-state index is 9.34. The van der Waals surface area contributed by atoms with Gasteiger partial charge in [-0.15, -0.1) is 0 Å². The molecule has 0 fully saturated rings. The van der Waals surface area contributed by atoms with Gasteiger partial charge in [0.2, 0.25) is 0 Å². The third-order valence-electron chi connectivity index (χ3n) is 1.43. The van der Waals surface area contributed by atoms with Gasteiger partial charge in [-0.25, -0.2) is 0 Å². The van der Waals surface area contributed by atoms with Crippen molar-refractivity contribution >= 4 is 0 Å². The van der Waals surface area contributed by atoms with Crippen LogP contribution in [-0.4, -0.2) is 31.7 Å². The second-order valence-corrected chi connectivity index (χ2v) is 2.57. The van der Waals surface area contributed by atoms with E-state index < -0.39 is 12.4 Å². The predicted octanol–water partition coefficient (Wildman–Crippen LogP) is 0.622. The Kier molecular flexibility index (Phi) is 4.60. The molecule has 0 saturated carbocycles. The second-order valence-electron chi connectivity index (χ2n) is 2.57. The minimum atomic E-state index is -0.546. The molecule has 0 aromatic carbocycles. The molecule has 3 nitrogen and oxygen atoms in total. The Morgan fingerprint density at radius 2 is 1.50 bits per heavy atom. The molecule has 10 heavy (non-hydrogen) atoms. The largest absolute Gasteiger partial charge is 0.388 e. The molecule has 0 rings (SSSR count). The van der Waals surface area contributed by atoms with E-state index in [1.807, 2.05) is 13.8 Å². The van der Waals surface area contributed by atoms with Gasteiger partial charge in [0.1, 0.15) is 6.10 Å². The minimum absolute atomic E-state index is 0.157. The Morgan fingerprint density at radius 3 is 1.60 bits per heavy atom. The van der Waals surface area contributed by atoms with Crippen molar-refractivity contribution in [3.05, 3.63) is 0 Å². The quantitative estimate of drug-likeness (QED) is 0.594. The van der Waals surface area contributed by atoms with Crippen LogP contribution in [0.4, 0.5) is 0 Å². The molecule has 1 atom stereocenters. The van der Waals surface area contributed by atoms with Gasteiger partial charge in [0.05, 0.1) is 0 Å². The first-order valence-corrected chi connectivity index (χ1v) is 3.37. The van der Waals surface area contributed by atoms with Crippen LogP contribution >= 0.6 is 0 Å². The molecular formula is C7H16O3. The molecule has 0 aliphatic rings. The number of aliphatic hydroxyl groups excluding tert-OH is 1. The standard InChI is InChI=1S/C7H16O3/c1-5(2)6(8)7(9-3)10-4/h5-8H,1-4H3. The van der Waals surface area contributed by atoms with E-state index in [0.29, 0.717) is 0 Å². The molecule has 0 heterocycles. The highest BCUT2D eigenvalue weighted by Crippen LogP contribution is 2.08. The zero-order valence-corrected chi connectivity index (χ0v) is 7.00. The Labute approximate surface area is 62.0 Å². The molecule has 1 N–H and O–H groups in total. The van der Waals surface area contributed by atoms with Gasteiger partial charge < -0.3 is 14.6 Å². The first-order chi connectivity index (χ1) is 4.63. The summed E-state index contributed by atoms with van der Waals surface area (Å²) in [7, 11) is 3.03. The molecule has 0 aromatic heterocycles. The fourth-order valence-electron chi connectivity index (χ4n) is 0.689. The minimum Gasteiger partial charge on any atom is -0.388 e. The molecule has 1 unspecified atom stereocenters. The van der Waals surface area contributed by atoms with E-state index in [1.165, 1.54) is 14.2 Å². The first-order valence-electron chi connectivity index (χ1n) is 3.37. The highest BCUT2D eigenvalue weighted by molar-refractivity contribution is 4.62. The van der Waals surface area contributed by atoms with Crippen LogP contribution in [0.15, 0.2) is 0 Å². The van der Waals surface area contributed by atoms with Crippen molar-refractivity contribution in [1.29, 1.82) is 0 Å². The highest BCUT2D eigenvalue weighted by Gasteiger charge is 2.20. The van der Waals surface area contributed by atoms with Crippen LogP contribution in [0, 0.1) is 5.92 Å². The molecule has 0 amide bonds. The van der Waals surface area contributed by atoms with Gasteiger partial charge in [-0.3, -0.25) is 0 Å². The van der Waals surface area contributed by atoms with Crippen LogP contribution in [0.2, 0.25) is 0 Å². The maximum absolute atomic E-state index is 9.34. The summed E-state index contributed by atoms with van der Waals surface area (Å²) in [5.41, 5.74) is 0. The lowest BCUT2D eigenvalue weighted by Gasteiger charge is -2.22. The van der Waals surface area contributed by atoms with Crippen LogP contribution in [0.25, 0.3) is 0 Å². The third kappa shape index (κ3) is 2.64. The number of hydrogen-bond donors (Lipinski definition) is 1. The van der Waals surface area contributed by atoms with Crippen molar-refractivity contribution < 1.29 is 14.6 Å². The molecule has 0 saturated heterocycles. The van der Waals surface area contributed by atoms with Crippen molar-refractivity contribution in [2.45, 2.75) is 26.2 Å². The van der Waals surface area contributed by atoms with Crippen molar-refractivity contribution in [2.24, 2.45) is 5.92 Å². The summed E-state index contributed by atoms with van der Waals surface area (Å²) < 4.78 is 9.70. The Bertz CT molecular complexity index is 78.9.